The van der Waals surface area contributed by atoms with Gasteiger partial charge in [0.15, 0.2) is 5.69 Å². The van der Waals surface area contributed by atoms with E-state index in [1.165, 1.54) is 18.3 Å². The van der Waals surface area contributed by atoms with E-state index in [1.807, 2.05) is 0 Å². The molecular formula is C29H25F6N7O3. The lowest BCUT2D eigenvalue weighted by Crippen LogP contribution is -2.34. The Balaban J connectivity index is 1.72. The van der Waals surface area contributed by atoms with Crippen molar-refractivity contribution < 1.29 is 40.7 Å². The quantitative estimate of drug-likeness (QED) is 0.0971. The molecule has 2 amide bonds. The van der Waals surface area contributed by atoms with Crippen LogP contribution in [0.25, 0.3) is 11.1 Å². The van der Waals surface area contributed by atoms with Gasteiger partial charge in [-0.1, -0.05) is 22.5 Å². The second kappa shape index (κ2) is 14.1. The van der Waals surface area contributed by atoms with E-state index < -0.39 is 59.3 Å². The third kappa shape index (κ3) is 8.29. The molecule has 2 aromatic heterocycles. The minimum Gasteiger partial charge on any atom is -0.377 e. The molecule has 4 aromatic rings. The molecule has 0 saturated heterocycles. The molecule has 16 heteroatoms. The molecule has 1 atom stereocenters. The number of benzene rings is 2. The van der Waals surface area contributed by atoms with E-state index in [-0.39, 0.29) is 47.6 Å². The number of nitrogens with zero attached hydrogens (tertiary/aromatic N) is 5. The maximum Gasteiger partial charge on any atom is 0.435 e. The van der Waals surface area contributed by atoms with Gasteiger partial charge in [-0.3, -0.25) is 19.3 Å². The van der Waals surface area contributed by atoms with Gasteiger partial charge in [-0.05, 0) is 54.8 Å². The van der Waals surface area contributed by atoms with E-state index >= 15 is 0 Å². The van der Waals surface area contributed by atoms with Crippen molar-refractivity contribution in [1.29, 1.82) is 0 Å². The third-order valence-electron chi connectivity index (χ3n) is 6.40. The maximum absolute atomic E-state index is 14.4. The molecule has 0 unspecified atom stereocenters. The molecular weight excluding hydrogens is 608 g/mol. The lowest BCUT2D eigenvalue weighted by Gasteiger charge is -2.22. The lowest BCUT2D eigenvalue weighted by atomic mass is 9.94. The number of alkyl halides is 3. The fourth-order valence-corrected chi connectivity index (χ4v) is 4.57. The number of carbonyl (C=O) groups excluding carboxylic acids is 2. The molecule has 2 heterocycles. The fourth-order valence-electron chi connectivity index (χ4n) is 4.57. The summed E-state index contributed by atoms with van der Waals surface area (Å²) in [5.41, 5.74) is -1.16. The predicted molar refractivity (Wildman–Crippen MR) is 147 cm³/mol. The highest BCUT2D eigenvalue weighted by atomic mass is 19.4. The molecule has 236 valence electrons. The van der Waals surface area contributed by atoms with E-state index in [0.717, 1.165) is 35.1 Å². The van der Waals surface area contributed by atoms with Gasteiger partial charge in [0, 0.05) is 36.2 Å². The highest BCUT2D eigenvalue weighted by Gasteiger charge is 2.37. The Bertz CT molecular complexity index is 1700. The highest BCUT2D eigenvalue weighted by molar-refractivity contribution is 5.96. The maximum atomic E-state index is 14.4. The zero-order chi connectivity index (χ0) is 32.7. The molecule has 3 N–H and O–H groups in total. The number of aromatic nitrogens is 3. The predicted octanol–water partition coefficient (Wildman–Crippen LogP) is 5.48. The van der Waals surface area contributed by atoms with Gasteiger partial charge in [0.25, 0.3) is 5.91 Å². The van der Waals surface area contributed by atoms with Crippen LogP contribution in [0.4, 0.5) is 26.3 Å². The average Bonchev–Trinajstić information content (AvgIpc) is 3.38. The number of hydrogen-bond acceptors (Lipinski definition) is 6. The van der Waals surface area contributed by atoms with Crippen LogP contribution in [-0.2, 0) is 35.3 Å². The molecule has 0 bridgehead atoms. The van der Waals surface area contributed by atoms with Crippen molar-refractivity contribution in [2.75, 3.05) is 6.61 Å². The van der Waals surface area contributed by atoms with Crippen molar-refractivity contribution in [3.63, 3.8) is 0 Å². The Kier molecular flexibility index (Phi) is 10.3. The number of rotatable bonds is 11. The van der Waals surface area contributed by atoms with Gasteiger partial charge in [0.2, 0.25) is 5.91 Å². The summed E-state index contributed by atoms with van der Waals surface area (Å²) in [6.45, 7) is 0.716. The topological polar surface area (TPSA) is 137 Å². The van der Waals surface area contributed by atoms with Gasteiger partial charge in [-0.15, -0.1) is 0 Å². The summed E-state index contributed by atoms with van der Waals surface area (Å²) < 4.78 is 89.1. The standard InChI is InChI=1S/C29H25F6N7O3/c1-2-45-15-18-13-42(40-27(18)29(33,34)35)14-25(43)38-24(10-16-8-19(30)12-20(31)9-16)26-21(4-3-7-37-26)17-5-6-23(32)22(11-17)28(44)39-41-36/h3-9,11-13,24H,2,10,14-15H2,1H3,(H,38,43)(H2,36,39,44)/t24-/m0/s1. The number of hydrogen-bond donors (Lipinski definition) is 2. The van der Waals surface area contributed by atoms with E-state index in [1.54, 1.807) is 13.0 Å². The summed E-state index contributed by atoms with van der Waals surface area (Å²) in [7, 11) is 0. The van der Waals surface area contributed by atoms with Crippen LogP contribution in [-0.4, -0.2) is 33.2 Å². The summed E-state index contributed by atoms with van der Waals surface area (Å²) >= 11 is 0. The molecule has 0 saturated carbocycles. The molecule has 2 aromatic carbocycles. The van der Waals surface area contributed by atoms with E-state index in [2.05, 4.69) is 25.7 Å². The monoisotopic (exact) mass is 633 g/mol. The smallest absolute Gasteiger partial charge is 0.377 e. The van der Waals surface area contributed by atoms with Crippen molar-refractivity contribution in [1.82, 2.24) is 20.1 Å². The van der Waals surface area contributed by atoms with Crippen LogP contribution in [0.15, 0.2) is 71.3 Å². The van der Waals surface area contributed by atoms with Crippen LogP contribution >= 0.6 is 0 Å². The van der Waals surface area contributed by atoms with Crippen molar-refractivity contribution >= 4 is 11.8 Å². The first kappa shape index (κ1) is 32.8. The summed E-state index contributed by atoms with van der Waals surface area (Å²) in [6, 6.07) is 8.18. The molecule has 0 aliphatic carbocycles. The first-order valence-electron chi connectivity index (χ1n) is 13.2. The Morgan fingerprint density at radius 3 is 2.49 bits per heavy atom. The van der Waals surface area contributed by atoms with Crippen molar-refractivity contribution in [3.05, 3.63) is 106 Å². The number of nitrogens with one attached hydrogen (secondary N) is 1. The summed E-state index contributed by atoms with van der Waals surface area (Å²) in [5, 5.41) is 12.2. The second-order valence-corrected chi connectivity index (χ2v) is 9.59. The minimum absolute atomic E-state index is 0.116. The number of pyridine rings is 1. The first-order valence-corrected chi connectivity index (χ1v) is 13.2. The summed E-state index contributed by atoms with van der Waals surface area (Å²) in [4.78, 5) is 29.8. The van der Waals surface area contributed by atoms with Crippen molar-refractivity contribution in [3.8, 4) is 11.1 Å². The SMILES string of the molecule is CCOCc1cn(CC(=O)N[C@@H](Cc2cc(F)cc(F)c2)c2ncccc2-c2ccc(F)c(C(=O)N=NN)c2)nc1C(F)(F)F. The van der Waals surface area contributed by atoms with Crippen LogP contribution < -0.4 is 11.2 Å². The zero-order valence-corrected chi connectivity index (χ0v) is 23.5. The molecule has 10 nitrogen and oxygen atoms in total. The van der Waals surface area contributed by atoms with Crippen LogP contribution in [0, 0.1) is 17.5 Å². The highest BCUT2D eigenvalue weighted by Crippen LogP contribution is 2.32. The van der Waals surface area contributed by atoms with Gasteiger partial charge in [0.1, 0.15) is 24.0 Å². The molecule has 0 fully saturated rings. The average molecular weight is 634 g/mol. The van der Waals surface area contributed by atoms with E-state index in [0.29, 0.717) is 6.07 Å². The normalized spacial score (nSPS) is 12.4. The van der Waals surface area contributed by atoms with Crippen LogP contribution in [0.3, 0.4) is 0 Å². The summed E-state index contributed by atoms with van der Waals surface area (Å²) in [5.74, 6) is 0.359. The van der Waals surface area contributed by atoms with Crippen LogP contribution in [0.5, 0.6) is 0 Å². The zero-order valence-electron chi connectivity index (χ0n) is 23.5. The Morgan fingerprint density at radius 1 is 1.09 bits per heavy atom. The van der Waals surface area contributed by atoms with Crippen molar-refractivity contribution in [2.45, 2.75) is 38.7 Å². The Morgan fingerprint density at radius 2 is 1.82 bits per heavy atom. The molecule has 0 aliphatic rings. The molecule has 0 aliphatic heterocycles. The molecule has 45 heavy (non-hydrogen) atoms. The van der Waals surface area contributed by atoms with E-state index in [9.17, 15) is 35.9 Å². The number of nitrogens with two attached hydrogens (primary N) is 1. The van der Waals surface area contributed by atoms with Gasteiger partial charge in [-0.2, -0.15) is 18.3 Å². The lowest BCUT2D eigenvalue weighted by molar-refractivity contribution is -0.143. The van der Waals surface area contributed by atoms with Crippen LogP contribution in [0.1, 0.15) is 45.8 Å². The second-order valence-electron chi connectivity index (χ2n) is 9.59. The third-order valence-corrected chi connectivity index (χ3v) is 6.40. The molecule has 0 spiro atoms. The first-order chi connectivity index (χ1) is 21.4. The Hall–Kier alpha value is -5.12. The Labute approximate surface area is 251 Å². The number of carbonyl (C=O) groups is 2. The van der Waals surface area contributed by atoms with Gasteiger partial charge >= 0.3 is 6.18 Å². The van der Waals surface area contributed by atoms with Crippen LogP contribution in [0.2, 0.25) is 0 Å². The number of amides is 2. The minimum atomic E-state index is -4.80. The van der Waals surface area contributed by atoms with Crippen molar-refractivity contribution in [2.24, 2.45) is 16.2 Å². The number of ether oxygens (including phenoxy) is 1. The van der Waals surface area contributed by atoms with Gasteiger partial charge < -0.3 is 15.9 Å². The largest absolute Gasteiger partial charge is 0.435 e. The van der Waals surface area contributed by atoms with Gasteiger partial charge in [0.05, 0.1) is 23.9 Å². The van der Waals surface area contributed by atoms with E-state index in [4.69, 9.17) is 10.6 Å². The molecule has 4 rings (SSSR count). The fraction of sp³-hybridized carbons (Fsp3) is 0.241. The summed E-state index contributed by atoms with van der Waals surface area (Å²) in [6.07, 6.45) is -2.62. The van der Waals surface area contributed by atoms with Gasteiger partial charge in [-0.25, -0.2) is 13.2 Å². The number of halogens is 6. The molecule has 0 radical (unpaired) electrons.